The molecule has 1 heterocycles. The van der Waals surface area contributed by atoms with Gasteiger partial charge in [-0.1, -0.05) is 0 Å². The van der Waals surface area contributed by atoms with Crippen molar-refractivity contribution in [2.24, 2.45) is 0 Å². The molecule has 0 radical (unpaired) electrons. The summed E-state index contributed by atoms with van der Waals surface area (Å²) in [7, 11) is 0. The molecule has 0 atom stereocenters. The van der Waals surface area contributed by atoms with Gasteiger partial charge in [-0.2, -0.15) is 4.39 Å². The molecule has 0 aromatic heterocycles. The lowest BCUT2D eigenvalue weighted by atomic mass is 10.1. The molecule has 1 aliphatic heterocycles. The summed E-state index contributed by atoms with van der Waals surface area (Å²) in [5.41, 5.74) is -0.670. The lowest BCUT2D eigenvalue weighted by Crippen LogP contribution is -2.42. The Hall–Kier alpha value is -2.49. The number of cyclic esters (lactones) is 2. The van der Waals surface area contributed by atoms with Crippen molar-refractivity contribution in [2.45, 2.75) is 26.6 Å². The Balaban J connectivity index is 2.36. The van der Waals surface area contributed by atoms with Crippen LogP contribution in [0.5, 0.6) is 0 Å². The summed E-state index contributed by atoms with van der Waals surface area (Å²) in [6, 6.07) is 1.03. The van der Waals surface area contributed by atoms with E-state index in [2.05, 4.69) is 21.2 Å². The fourth-order valence-corrected chi connectivity index (χ4v) is 2.60. The number of nitrogens with one attached hydrogen (secondary N) is 1. The van der Waals surface area contributed by atoms with Crippen LogP contribution >= 0.6 is 15.9 Å². The van der Waals surface area contributed by atoms with Gasteiger partial charge in [0.1, 0.15) is 0 Å². The third-order valence-electron chi connectivity index (χ3n) is 3.06. The maximum Gasteiger partial charge on any atom is 0.350 e. The first kappa shape index (κ1) is 17.9. The molecule has 1 aromatic carbocycles. The first-order valence-electron chi connectivity index (χ1n) is 6.60. The minimum Gasteiger partial charge on any atom is -0.419 e. The molecule has 10 heteroatoms. The predicted octanol–water partition coefficient (Wildman–Crippen LogP) is 2.94. The third kappa shape index (κ3) is 3.37. The monoisotopic (exact) mass is 402 g/mol. The highest BCUT2D eigenvalue weighted by Gasteiger charge is 2.39. The van der Waals surface area contributed by atoms with Crippen LogP contribution in [0.1, 0.15) is 19.4 Å². The van der Waals surface area contributed by atoms with E-state index in [0.717, 1.165) is 12.3 Å². The Morgan fingerprint density at radius 1 is 1.33 bits per heavy atom. The van der Waals surface area contributed by atoms with Gasteiger partial charge in [-0.05, 0) is 28.4 Å². The Bertz CT molecular complexity index is 768. The number of rotatable bonds is 3. The number of nitrogens with zero attached hydrogens (tertiary/aromatic N) is 1. The van der Waals surface area contributed by atoms with E-state index in [4.69, 9.17) is 9.47 Å². The number of benzene rings is 1. The van der Waals surface area contributed by atoms with Crippen LogP contribution in [0.4, 0.5) is 15.8 Å². The molecule has 0 aliphatic carbocycles. The standard InChI is InChI=1S/C14H12BrFN2O6/c1-6-4-8(18(21)22)10(16)9(15)11(6)17-5-7-12(19)23-14(2,3)24-13(7)20/h4-5,17H,1-3H3. The number of ether oxygens (including phenoxy) is 2. The number of esters is 2. The second-order valence-electron chi connectivity index (χ2n) is 5.35. The summed E-state index contributed by atoms with van der Waals surface area (Å²) in [5.74, 6) is -4.26. The molecule has 24 heavy (non-hydrogen) atoms. The molecule has 2 rings (SSSR count). The maximum atomic E-state index is 14.0. The number of carbonyl (C=O) groups excluding carboxylic acids is 2. The van der Waals surface area contributed by atoms with E-state index in [1.54, 1.807) is 0 Å². The molecule has 0 unspecified atom stereocenters. The van der Waals surface area contributed by atoms with Gasteiger partial charge in [0.05, 0.1) is 15.1 Å². The molecule has 1 fully saturated rings. The summed E-state index contributed by atoms with van der Waals surface area (Å²) >= 11 is 2.92. The van der Waals surface area contributed by atoms with E-state index in [9.17, 15) is 24.1 Å². The van der Waals surface area contributed by atoms with Crippen LogP contribution in [0.25, 0.3) is 0 Å². The SMILES string of the molecule is Cc1cc([N+](=O)[O-])c(F)c(Br)c1NC=C1C(=O)OC(C)(C)OC1=O. The Morgan fingerprint density at radius 2 is 1.88 bits per heavy atom. The third-order valence-corrected chi connectivity index (χ3v) is 3.80. The quantitative estimate of drug-likeness (QED) is 0.272. The predicted molar refractivity (Wildman–Crippen MR) is 83.5 cm³/mol. The molecule has 128 valence electrons. The van der Waals surface area contributed by atoms with Crippen molar-refractivity contribution in [2.75, 3.05) is 5.32 Å². The smallest absolute Gasteiger partial charge is 0.350 e. The van der Waals surface area contributed by atoms with Crippen molar-refractivity contribution in [3.63, 3.8) is 0 Å². The van der Waals surface area contributed by atoms with Crippen molar-refractivity contribution in [3.05, 3.63) is 43.8 Å². The highest BCUT2D eigenvalue weighted by atomic mass is 79.9. The number of carbonyl (C=O) groups is 2. The Labute approximate surface area is 143 Å². The summed E-state index contributed by atoms with van der Waals surface area (Å²) < 4.78 is 23.6. The number of hydrogen-bond donors (Lipinski definition) is 1. The average Bonchev–Trinajstić information content (AvgIpc) is 2.43. The van der Waals surface area contributed by atoms with Gasteiger partial charge < -0.3 is 14.8 Å². The summed E-state index contributed by atoms with van der Waals surface area (Å²) in [5, 5.41) is 13.4. The van der Waals surface area contributed by atoms with Gasteiger partial charge in [0.2, 0.25) is 5.82 Å². The van der Waals surface area contributed by atoms with Crippen LogP contribution in [0, 0.1) is 22.9 Å². The Kier molecular flexibility index (Phi) is 4.61. The molecule has 1 aliphatic rings. The van der Waals surface area contributed by atoms with Crippen LogP contribution in [-0.4, -0.2) is 22.6 Å². The van der Waals surface area contributed by atoms with E-state index >= 15 is 0 Å². The van der Waals surface area contributed by atoms with E-state index < -0.39 is 39.7 Å². The summed E-state index contributed by atoms with van der Waals surface area (Å²) in [6.45, 7) is 4.30. The zero-order valence-electron chi connectivity index (χ0n) is 12.8. The first-order chi connectivity index (χ1) is 11.0. The number of nitro groups is 1. The molecule has 0 amide bonds. The van der Waals surface area contributed by atoms with E-state index in [-0.39, 0.29) is 10.2 Å². The number of aryl methyl sites for hydroxylation is 1. The lowest BCUT2D eigenvalue weighted by molar-refractivity contribution is -0.387. The fraction of sp³-hybridized carbons (Fsp3) is 0.286. The van der Waals surface area contributed by atoms with Gasteiger partial charge in [-0.25, -0.2) is 9.59 Å². The van der Waals surface area contributed by atoms with Gasteiger partial charge in [-0.15, -0.1) is 0 Å². The summed E-state index contributed by atoms with van der Waals surface area (Å²) in [6.07, 6.45) is 0.998. The number of halogens is 2. The van der Waals surface area contributed by atoms with Crippen molar-refractivity contribution < 1.29 is 28.4 Å². The zero-order valence-corrected chi connectivity index (χ0v) is 14.4. The second-order valence-corrected chi connectivity index (χ2v) is 6.15. The maximum absolute atomic E-state index is 14.0. The van der Waals surface area contributed by atoms with E-state index in [1.165, 1.54) is 20.8 Å². The van der Waals surface area contributed by atoms with Crippen molar-refractivity contribution in [3.8, 4) is 0 Å². The van der Waals surface area contributed by atoms with Gasteiger partial charge in [0.25, 0.3) is 5.79 Å². The topological polar surface area (TPSA) is 108 Å². The van der Waals surface area contributed by atoms with E-state index in [0.29, 0.717) is 5.56 Å². The minimum absolute atomic E-state index is 0.121. The second kappa shape index (κ2) is 6.19. The van der Waals surface area contributed by atoms with Crippen LogP contribution < -0.4 is 5.32 Å². The van der Waals surface area contributed by atoms with Gasteiger partial charge >= 0.3 is 17.6 Å². The molecule has 8 nitrogen and oxygen atoms in total. The molecular weight excluding hydrogens is 391 g/mol. The summed E-state index contributed by atoms with van der Waals surface area (Å²) in [4.78, 5) is 33.6. The minimum atomic E-state index is -1.37. The molecular formula is C14H12BrFN2O6. The van der Waals surface area contributed by atoms with Crippen LogP contribution in [0.15, 0.2) is 22.3 Å². The zero-order chi connectivity index (χ0) is 18.2. The number of nitro benzene ring substituents is 1. The molecule has 0 spiro atoms. The number of hydrogen-bond acceptors (Lipinski definition) is 7. The molecule has 0 saturated carbocycles. The highest BCUT2D eigenvalue weighted by molar-refractivity contribution is 9.10. The highest BCUT2D eigenvalue weighted by Crippen LogP contribution is 2.35. The fourth-order valence-electron chi connectivity index (χ4n) is 1.97. The Morgan fingerprint density at radius 3 is 2.38 bits per heavy atom. The molecule has 0 bridgehead atoms. The normalized spacial score (nSPS) is 16.3. The van der Waals surface area contributed by atoms with E-state index in [1.807, 2.05) is 0 Å². The van der Waals surface area contributed by atoms with Crippen LogP contribution in [-0.2, 0) is 19.1 Å². The largest absolute Gasteiger partial charge is 0.419 e. The number of anilines is 1. The molecule has 1 N–H and O–H groups in total. The van der Waals surface area contributed by atoms with Gasteiger partial charge in [0, 0.05) is 26.1 Å². The average molecular weight is 403 g/mol. The van der Waals surface area contributed by atoms with Crippen molar-refractivity contribution in [1.29, 1.82) is 0 Å². The van der Waals surface area contributed by atoms with Crippen molar-refractivity contribution in [1.82, 2.24) is 0 Å². The van der Waals surface area contributed by atoms with Crippen LogP contribution in [0.2, 0.25) is 0 Å². The van der Waals surface area contributed by atoms with Gasteiger partial charge in [0.15, 0.2) is 5.57 Å². The molecule has 1 aromatic rings. The lowest BCUT2D eigenvalue weighted by Gasteiger charge is -2.29. The van der Waals surface area contributed by atoms with Crippen LogP contribution in [0.3, 0.4) is 0 Å². The first-order valence-corrected chi connectivity index (χ1v) is 7.39. The van der Waals surface area contributed by atoms with Crippen molar-refractivity contribution >= 4 is 39.2 Å². The molecule has 1 saturated heterocycles. The van der Waals surface area contributed by atoms with Gasteiger partial charge in [-0.3, -0.25) is 10.1 Å².